The van der Waals surface area contributed by atoms with Gasteiger partial charge >= 0.3 is 6.18 Å². The van der Waals surface area contributed by atoms with Crippen molar-refractivity contribution in [1.29, 1.82) is 0 Å². The fourth-order valence-electron chi connectivity index (χ4n) is 2.04. The molecule has 0 aliphatic heterocycles. The molecule has 0 saturated heterocycles. The molecule has 1 saturated carbocycles. The van der Waals surface area contributed by atoms with Gasteiger partial charge < -0.3 is 10.5 Å². The Morgan fingerprint density at radius 1 is 1.06 bits per heavy atom. The molecule has 0 aromatic carbocycles. The van der Waals surface area contributed by atoms with Crippen molar-refractivity contribution in [3.63, 3.8) is 0 Å². The third-order valence-electron chi connectivity index (χ3n) is 3.02. The van der Waals surface area contributed by atoms with Crippen molar-refractivity contribution < 1.29 is 17.9 Å². The van der Waals surface area contributed by atoms with E-state index in [1.807, 2.05) is 0 Å². The van der Waals surface area contributed by atoms with Crippen LogP contribution in [0.15, 0.2) is 0 Å². The predicted octanol–water partition coefficient (Wildman–Crippen LogP) is 3.01. The standard InChI is InChI=1S/C11H20F3NO/c12-11(13,14)7-8-16-9-10(15)5-3-1-2-4-6-10/h1-9,15H2. The van der Waals surface area contributed by atoms with E-state index in [1.165, 1.54) is 12.8 Å². The van der Waals surface area contributed by atoms with Crippen molar-refractivity contribution in [3.8, 4) is 0 Å². The Kier molecular flexibility index (Phi) is 5.05. The number of hydrogen-bond acceptors (Lipinski definition) is 2. The lowest BCUT2D eigenvalue weighted by Gasteiger charge is -2.27. The van der Waals surface area contributed by atoms with Crippen LogP contribution in [-0.2, 0) is 4.74 Å². The first-order valence-electron chi connectivity index (χ1n) is 5.85. The first kappa shape index (κ1) is 13.8. The third kappa shape index (κ3) is 5.70. The molecule has 96 valence electrons. The van der Waals surface area contributed by atoms with E-state index in [1.54, 1.807) is 0 Å². The van der Waals surface area contributed by atoms with Gasteiger partial charge in [-0.15, -0.1) is 0 Å². The van der Waals surface area contributed by atoms with Gasteiger partial charge in [-0.1, -0.05) is 25.7 Å². The van der Waals surface area contributed by atoms with E-state index < -0.39 is 18.1 Å². The Morgan fingerprint density at radius 2 is 1.62 bits per heavy atom. The molecule has 1 aliphatic carbocycles. The van der Waals surface area contributed by atoms with E-state index >= 15 is 0 Å². The first-order chi connectivity index (χ1) is 7.41. The summed E-state index contributed by atoms with van der Waals surface area (Å²) >= 11 is 0. The Hall–Kier alpha value is -0.290. The van der Waals surface area contributed by atoms with E-state index in [0.717, 1.165) is 25.7 Å². The lowest BCUT2D eigenvalue weighted by atomic mass is 9.93. The smallest absolute Gasteiger partial charge is 0.379 e. The number of halogens is 3. The number of ether oxygens (including phenoxy) is 1. The molecule has 0 spiro atoms. The highest BCUT2D eigenvalue weighted by Crippen LogP contribution is 2.25. The van der Waals surface area contributed by atoms with Crippen LogP contribution < -0.4 is 5.73 Å². The molecule has 0 bridgehead atoms. The molecule has 5 heteroatoms. The van der Waals surface area contributed by atoms with Crippen molar-refractivity contribution in [2.45, 2.75) is 56.7 Å². The Labute approximate surface area is 94.3 Å². The van der Waals surface area contributed by atoms with Crippen LogP contribution in [0, 0.1) is 0 Å². The summed E-state index contributed by atoms with van der Waals surface area (Å²) < 4.78 is 40.7. The minimum atomic E-state index is -4.13. The summed E-state index contributed by atoms with van der Waals surface area (Å²) in [5, 5.41) is 0. The molecule has 2 N–H and O–H groups in total. The van der Waals surface area contributed by atoms with Gasteiger partial charge in [-0.2, -0.15) is 13.2 Å². The van der Waals surface area contributed by atoms with Crippen molar-refractivity contribution in [3.05, 3.63) is 0 Å². The first-order valence-corrected chi connectivity index (χ1v) is 5.85. The topological polar surface area (TPSA) is 35.2 Å². The fraction of sp³-hybridized carbons (Fsp3) is 1.00. The SMILES string of the molecule is NC1(COCCC(F)(F)F)CCCCCC1. The molecule has 0 amide bonds. The minimum Gasteiger partial charge on any atom is -0.379 e. The molecule has 1 fully saturated rings. The number of nitrogens with two attached hydrogens (primary N) is 1. The van der Waals surface area contributed by atoms with Crippen LogP contribution in [0.1, 0.15) is 44.9 Å². The second kappa shape index (κ2) is 5.87. The van der Waals surface area contributed by atoms with Crippen LogP contribution in [0.2, 0.25) is 0 Å². The van der Waals surface area contributed by atoms with Gasteiger partial charge in [0.1, 0.15) is 0 Å². The number of rotatable bonds is 4. The summed E-state index contributed by atoms with van der Waals surface area (Å²) in [4.78, 5) is 0. The van der Waals surface area contributed by atoms with E-state index in [-0.39, 0.29) is 13.2 Å². The summed E-state index contributed by atoms with van der Waals surface area (Å²) in [5.74, 6) is 0. The molecular weight excluding hydrogens is 219 g/mol. The predicted molar refractivity (Wildman–Crippen MR) is 56.1 cm³/mol. The molecule has 16 heavy (non-hydrogen) atoms. The molecule has 0 radical (unpaired) electrons. The molecule has 0 aromatic rings. The summed E-state index contributed by atoms with van der Waals surface area (Å²) in [6, 6.07) is 0. The number of hydrogen-bond donors (Lipinski definition) is 1. The zero-order valence-electron chi connectivity index (χ0n) is 9.48. The maximum absolute atomic E-state index is 11.9. The molecule has 0 unspecified atom stereocenters. The van der Waals surface area contributed by atoms with Crippen molar-refractivity contribution in [2.24, 2.45) is 5.73 Å². The van der Waals surface area contributed by atoms with Gasteiger partial charge in [0.25, 0.3) is 0 Å². The van der Waals surface area contributed by atoms with Crippen LogP contribution >= 0.6 is 0 Å². The maximum atomic E-state index is 11.9. The highest BCUT2D eigenvalue weighted by atomic mass is 19.4. The molecule has 2 nitrogen and oxygen atoms in total. The summed E-state index contributed by atoms with van der Waals surface area (Å²) in [5.41, 5.74) is 5.70. The van der Waals surface area contributed by atoms with Gasteiger partial charge in [0.15, 0.2) is 0 Å². The van der Waals surface area contributed by atoms with Gasteiger partial charge in [-0.05, 0) is 12.8 Å². The average Bonchev–Trinajstić information content (AvgIpc) is 2.37. The van der Waals surface area contributed by atoms with Crippen molar-refractivity contribution in [1.82, 2.24) is 0 Å². The Balaban J connectivity index is 2.19. The fourth-order valence-corrected chi connectivity index (χ4v) is 2.04. The molecule has 0 aromatic heterocycles. The van der Waals surface area contributed by atoms with Crippen LogP contribution in [-0.4, -0.2) is 24.9 Å². The third-order valence-corrected chi connectivity index (χ3v) is 3.02. The quantitative estimate of drug-likeness (QED) is 0.604. The van der Waals surface area contributed by atoms with Gasteiger partial charge in [-0.25, -0.2) is 0 Å². The van der Waals surface area contributed by atoms with Gasteiger partial charge in [0.2, 0.25) is 0 Å². The Bertz CT molecular complexity index is 198. The van der Waals surface area contributed by atoms with Crippen LogP contribution in [0.25, 0.3) is 0 Å². The highest BCUT2D eigenvalue weighted by molar-refractivity contribution is 4.85. The lowest BCUT2D eigenvalue weighted by molar-refractivity contribution is -0.146. The minimum absolute atomic E-state index is 0.253. The molecule has 0 heterocycles. The van der Waals surface area contributed by atoms with E-state index in [9.17, 15) is 13.2 Å². The summed E-state index contributed by atoms with van der Waals surface area (Å²) in [6.07, 6.45) is 1.15. The zero-order valence-corrected chi connectivity index (χ0v) is 9.48. The Morgan fingerprint density at radius 3 is 2.12 bits per heavy atom. The zero-order chi connectivity index (χ0) is 12.1. The van der Waals surface area contributed by atoms with Crippen molar-refractivity contribution >= 4 is 0 Å². The average molecular weight is 239 g/mol. The van der Waals surface area contributed by atoms with Crippen LogP contribution in [0.3, 0.4) is 0 Å². The molecule has 1 aliphatic rings. The summed E-state index contributed by atoms with van der Waals surface area (Å²) in [6.45, 7) is -0.0223. The van der Waals surface area contributed by atoms with E-state index in [2.05, 4.69) is 0 Å². The second-order valence-corrected chi connectivity index (χ2v) is 4.69. The van der Waals surface area contributed by atoms with Crippen LogP contribution in [0.5, 0.6) is 0 Å². The van der Waals surface area contributed by atoms with Gasteiger partial charge in [-0.3, -0.25) is 0 Å². The second-order valence-electron chi connectivity index (χ2n) is 4.69. The lowest BCUT2D eigenvalue weighted by Crippen LogP contribution is -2.44. The maximum Gasteiger partial charge on any atom is 0.391 e. The molecular formula is C11H20F3NO. The summed E-state index contributed by atoms with van der Waals surface area (Å²) in [7, 11) is 0. The largest absolute Gasteiger partial charge is 0.391 e. The van der Waals surface area contributed by atoms with Crippen LogP contribution in [0.4, 0.5) is 13.2 Å². The van der Waals surface area contributed by atoms with Gasteiger partial charge in [0, 0.05) is 5.54 Å². The normalized spacial score (nSPS) is 21.8. The monoisotopic (exact) mass is 239 g/mol. The molecule has 0 atom stereocenters. The van der Waals surface area contributed by atoms with E-state index in [4.69, 9.17) is 10.5 Å². The van der Waals surface area contributed by atoms with Gasteiger partial charge in [0.05, 0.1) is 19.6 Å². The highest BCUT2D eigenvalue weighted by Gasteiger charge is 2.29. The number of alkyl halides is 3. The van der Waals surface area contributed by atoms with Crippen molar-refractivity contribution in [2.75, 3.05) is 13.2 Å². The molecule has 1 rings (SSSR count). The van der Waals surface area contributed by atoms with E-state index in [0.29, 0.717) is 0 Å².